The van der Waals surface area contributed by atoms with Gasteiger partial charge in [0.05, 0.1) is 18.5 Å². The van der Waals surface area contributed by atoms with E-state index in [9.17, 15) is 13.2 Å². The van der Waals surface area contributed by atoms with Crippen LogP contribution in [0.1, 0.15) is 29.5 Å². The summed E-state index contributed by atoms with van der Waals surface area (Å²) in [6.07, 6.45) is 1.86. The monoisotopic (exact) mass is 418 g/mol. The van der Waals surface area contributed by atoms with E-state index in [4.69, 9.17) is 4.74 Å². The van der Waals surface area contributed by atoms with Crippen LogP contribution in [-0.2, 0) is 14.8 Å². The van der Waals surface area contributed by atoms with Gasteiger partial charge in [-0.1, -0.05) is 35.4 Å². The lowest BCUT2D eigenvalue weighted by Gasteiger charge is -2.22. The molecule has 0 radical (unpaired) electrons. The van der Waals surface area contributed by atoms with Crippen molar-refractivity contribution in [1.82, 2.24) is 5.32 Å². The molecule has 2 rings (SSSR count). The minimum Gasteiger partial charge on any atom is -0.491 e. The number of sulfonamides is 1. The van der Waals surface area contributed by atoms with Crippen molar-refractivity contribution in [1.29, 1.82) is 0 Å². The van der Waals surface area contributed by atoms with E-state index >= 15 is 0 Å². The van der Waals surface area contributed by atoms with Crippen LogP contribution in [-0.4, -0.2) is 40.3 Å². The van der Waals surface area contributed by atoms with E-state index in [1.807, 2.05) is 45.0 Å². The van der Waals surface area contributed by atoms with Gasteiger partial charge in [0, 0.05) is 13.0 Å². The van der Waals surface area contributed by atoms with E-state index in [2.05, 4.69) is 11.4 Å². The van der Waals surface area contributed by atoms with Crippen molar-refractivity contribution in [2.45, 2.75) is 33.6 Å². The highest BCUT2D eigenvalue weighted by molar-refractivity contribution is 7.92. The second-order valence-corrected chi connectivity index (χ2v) is 9.15. The van der Waals surface area contributed by atoms with Gasteiger partial charge < -0.3 is 10.1 Å². The number of hydrogen-bond donors (Lipinski definition) is 1. The number of hydrogen-bond acceptors (Lipinski definition) is 4. The van der Waals surface area contributed by atoms with Gasteiger partial charge in [-0.3, -0.25) is 9.10 Å². The zero-order chi connectivity index (χ0) is 21.4. The highest BCUT2D eigenvalue weighted by Gasteiger charge is 2.17. The standard InChI is InChI=1S/C22H30N2O4S/c1-17-7-10-20(11-8-17)24(29(4,26)27)14-5-6-22(25)23-13-15-28-21-12-9-18(2)16-19(21)3/h7-12,16H,5-6,13-15H2,1-4H3,(H,23,25). The molecule has 6 nitrogen and oxygen atoms in total. The van der Waals surface area contributed by atoms with E-state index in [0.29, 0.717) is 25.3 Å². The quantitative estimate of drug-likeness (QED) is 0.601. The predicted molar refractivity (Wildman–Crippen MR) is 117 cm³/mol. The van der Waals surface area contributed by atoms with Crippen LogP contribution in [0.4, 0.5) is 5.69 Å². The maximum absolute atomic E-state index is 12.1. The first-order chi connectivity index (χ1) is 13.7. The molecule has 0 aliphatic rings. The van der Waals surface area contributed by atoms with Crippen LogP contribution in [0.2, 0.25) is 0 Å². The number of anilines is 1. The van der Waals surface area contributed by atoms with Gasteiger partial charge in [-0.25, -0.2) is 8.42 Å². The molecule has 0 atom stereocenters. The summed E-state index contributed by atoms with van der Waals surface area (Å²) in [5.74, 6) is 0.693. The molecule has 1 N–H and O–H groups in total. The van der Waals surface area contributed by atoms with Crippen molar-refractivity contribution in [3.8, 4) is 5.75 Å². The third kappa shape index (κ3) is 7.42. The fourth-order valence-corrected chi connectivity index (χ4v) is 3.95. The predicted octanol–water partition coefficient (Wildman–Crippen LogP) is 3.35. The maximum Gasteiger partial charge on any atom is 0.232 e. The Bertz CT molecular complexity index is 924. The lowest BCUT2D eigenvalue weighted by Crippen LogP contribution is -2.32. The van der Waals surface area contributed by atoms with Crippen molar-refractivity contribution in [3.63, 3.8) is 0 Å². The van der Waals surface area contributed by atoms with Crippen molar-refractivity contribution < 1.29 is 17.9 Å². The molecular weight excluding hydrogens is 388 g/mol. The minimum atomic E-state index is -3.41. The van der Waals surface area contributed by atoms with Crippen LogP contribution in [0.15, 0.2) is 42.5 Å². The number of carbonyl (C=O) groups excluding carboxylic acids is 1. The van der Waals surface area contributed by atoms with E-state index in [0.717, 1.165) is 16.9 Å². The van der Waals surface area contributed by atoms with Gasteiger partial charge in [0.15, 0.2) is 0 Å². The Kier molecular flexibility index (Phi) is 8.08. The van der Waals surface area contributed by atoms with Gasteiger partial charge in [0.2, 0.25) is 15.9 Å². The van der Waals surface area contributed by atoms with Crippen molar-refractivity contribution in [2.24, 2.45) is 0 Å². The smallest absolute Gasteiger partial charge is 0.232 e. The summed E-state index contributed by atoms with van der Waals surface area (Å²) in [4.78, 5) is 12.0. The molecule has 0 aliphatic carbocycles. The molecular formula is C22H30N2O4S. The molecule has 158 valence electrons. The number of benzene rings is 2. The molecule has 0 saturated heterocycles. The van der Waals surface area contributed by atoms with Crippen LogP contribution >= 0.6 is 0 Å². The Balaban J connectivity index is 1.75. The summed E-state index contributed by atoms with van der Waals surface area (Å²) < 4.78 is 31.2. The molecule has 2 aromatic carbocycles. The molecule has 0 saturated carbocycles. The Morgan fingerprint density at radius 1 is 1.03 bits per heavy atom. The number of amides is 1. The average molecular weight is 419 g/mol. The molecule has 0 aromatic heterocycles. The molecule has 7 heteroatoms. The first-order valence-electron chi connectivity index (χ1n) is 9.68. The van der Waals surface area contributed by atoms with Gasteiger partial charge >= 0.3 is 0 Å². The molecule has 0 aliphatic heterocycles. The molecule has 0 unspecified atom stereocenters. The molecule has 0 bridgehead atoms. The van der Waals surface area contributed by atoms with Gasteiger partial charge in [-0.2, -0.15) is 0 Å². The maximum atomic E-state index is 12.1. The van der Waals surface area contributed by atoms with Gasteiger partial charge in [0.1, 0.15) is 12.4 Å². The zero-order valence-electron chi connectivity index (χ0n) is 17.6. The van der Waals surface area contributed by atoms with Crippen LogP contribution in [0.5, 0.6) is 5.75 Å². The van der Waals surface area contributed by atoms with E-state index < -0.39 is 10.0 Å². The lowest BCUT2D eigenvalue weighted by atomic mass is 10.1. The number of carbonyl (C=O) groups is 1. The van der Waals surface area contributed by atoms with Crippen LogP contribution in [0.25, 0.3) is 0 Å². The second kappa shape index (κ2) is 10.3. The van der Waals surface area contributed by atoms with E-state index in [1.165, 1.54) is 16.1 Å². The number of nitrogens with one attached hydrogen (secondary N) is 1. The molecule has 0 spiro atoms. The molecule has 0 heterocycles. The van der Waals surface area contributed by atoms with Crippen molar-refractivity contribution in [2.75, 3.05) is 30.3 Å². The summed E-state index contributed by atoms with van der Waals surface area (Å²) in [7, 11) is -3.41. The van der Waals surface area contributed by atoms with E-state index in [-0.39, 0.29) is 18.9 Å². The normalized spacial score (nSPS) is 11.2. The molecule has 1 amide bonds. The lowest BCUT2D eigenvalue weighted by molar-refractivity contribution is -0.121. The van der Waals surface area contributed by atoms with Crippen LogP contribution in [0, 0.1) is 20.8 Å². The molecule has 0 fully saturated rings. The van der Waals surface area contributed by atoms with Gasteiger partial charge in [-0.05, 0) is 51.0 Å². The van der Waals surface area contributed by atoms with Crippen molar-refractivity contribution >= 4 is 21.6 Å². The minimum absolute atomic E-state index is 0.119. The average Bonchev–Trinajstić information content (AvgIpc) is 2.64. The fourth-order valence-electron chi connectivity index (χ4n) is 2.98. The largest absolute Gasteiger partial charge is 0.491 e. The molecule has 29 heavy (non-hydrogen) atoms. The Morgan fingerprint density at radius 3 is 2.31 bits per heavy atom. The number of rotatable bonds is 10. The first-order valence-corrected chi connectivity index (χ1v) is 11.5. The number of aryl methyl sites for hydroxylation is 3. The summed E-state index contributed by atoms with van der Waals surface area (Å²) >= 11 is 0. The van der Waals surface area contributed by atoms with Crippen molar-refractivity contribution in [3.05, 3.63) is 59.2 Å². The summed E-state index contributed by atoms with van der Waals surface area (Å²) in [6, 6.07) is 13.3. The SMILES string of the molecule is Cc1ccc(N(CCCC(=O)NCCOc2ccc(C)cc2C)S(C)(=O)=O)cc1. The van der Waals surface area contributed by atoms with Crippen LogP contribution in [0.3, 0.4) is 0 Å². The second-order valence-electron chi connectivity index (χ2n) is 7.24. The highest BCUT2D eigenvalue weighted by atomic mass is 32.2. The van der Waals surface area contributed by atoms with E-state index in [1.54, 1.807) is 12.1 Å². The topological polar surface area (TPSA) is 75.7 Å². The highest BCUT2D eigenvalue weighted by Crippen LogP contribution is 2.19. The van der Waals surface area contributed by atoms with Gasteiger partial charge in [0.25, 0.3) is 0 Å². The Morgan fingerprint density at radius 2 is 1.69 bits per heavy atom. The zero-order valence-corrected chi connectivity index (χ0v) is 18.4. The fraction of sp³-hybridized carbons (Fsp3) is 0.409. The summed E-state index contributed by atoms with van der Waals surface area (Å²) in [6.45, 7) is 7.01. The Hall–Kier alpha value is -2.54. The summed E-state index contributed by atoms with van der Waals surface area (Å²) in [5.41, 5.74) is 3.91. The van der Waals surface area contributed by atoms with Gasteiger partial charge in [-0.15, -0.1) is 0 Å². The third-order valence-electron chi connectivity index (χ3n) is 4.50. The third-order valence-corrected chi connectivity index (χ3v) is 5.69. The Labute approximate surface area is 173 Å². The molecule has 2 aromatic rings. The number of ether oxygens (including phenoxy) is 1. The number of nitrogens with zero attached hydrogens (tertiary/aromatic N) is 1. The first kappa shape index (κ1) is 22.7. The summed E-state index contributed by atoms with van der Waals surface area (Å²) in [5, 5.41) is 2.81. The van der Waals surface area contributed by atoms with Crippen LogP contribution < -0.4 is 14.4 Å².